The Bertz CT molecular complexity index is 343. The Morgan fingerprint density at radius 2 is 1.26 bits per heavy atom. The molecule has 0 nitrogen and oxygen atoms in total. The van der Waals surface area contributed by atoms with E-state index in [1.165, 1.54) is 12.2 Å². The first kappa shape index (κ1) is 24.2. The molecule has 0 N–H and O–H groups in total. The second-order valence-electron chi connectivity index (χ2n) is 2.98. The maximum Gasteiger partial charge on any atom is 0 e. The Morgan fingerprint density at radius 1 is 0.842 bits per heavy atom. The second kappa shape index (κ2) is 20.4. The van der Waals surface area contributed by atoms with Crippen LogP contribution in [0.2, 0.25) is 0 Å². The van der Waals surface area contributed by atoms with E-state index in [-0.39, 0.29) is 65.4 Å². The van der Waals surface area contributed by atoms with Gasteiger partial charge in [-0.05, 0) is 0 Å². The van der Waals surface area contributed by atoms with Crippen LogP contribution in [0.25, 0.3) is 0 Å². The van der Waals surface area contributed by atoms with E-state index < -0.39 is 0 Å². The molecule has 0 spiro atoms. The van der Waals surface area contributed by atoms with Gasteiger partial charge in [0.25, 0.3) is 0 Å². The van der Waals surface area contributed by atoms with Crippen LogP contribution in [0, 0.1) is 25.8 Å². The third-order valence-electron chi connectivity index (χ3n) is 1.70. The Balaban J connectivity index is -0.000000199. The predicted octanol–water partition coefficient (Wildman–Crippen LogP) is 4.31. The second-order valence-corrected chi connectivity index (χ2v) is 2.98. The molecule has 0 saturated heterocycles. The number of hydrogen-bond donors (Lipinski definition) is 0. The van der Waals surface area contributed by atoms with Crippen molar-refractivity contribution in [2.24, 2.45) is 0 Å². The molecule has 1 aromatic rings. The van der Waals surface area contributed by atoms with Crippen LogP contribution >= 0.6 is 0 Å². The smallest absolute Gasteiger partial charge is 0 e. The summed E-state index contributed by atoms with van der Waals surface area (Å²) in [5, 5.41) is 0. The third-order valence-corrected chi connectivity index (χ3v) is 1.70. The van der Waals surface area contributed by atoms with Crippen LogP contribution in [0.5, 0.6) is 0 Å². The quantitative estimate of drug-likeness (QED) is 0.515. The standard InChI is InChI=1S/C7H6.C6H6.C4H4.2Y/c1-2-7-5-3-4-6-7;1-2-4-6-5-3-1;1-3-4-2;;/h1-4H,5H2;1-6H;1-4H;;/q-2;;-2;;. The van der Waals surface area contributed by atoms with Crippen molar-refractivity contribution in [3.63, 3.8) is 0 Å². The summed E-state index contributed by atoms with van der Waals surface area (Å²) in [5.74, 6) is 0. The van der Waals surface area contributed by atoms with E-state index in [2.05, 4.69) is 6.08 Å². The van der Waals surface area contributed by atoms with Crippen molar-refractivity contribution in [1.29, 1.82) is 0 Å². The molecule has 0 heterocycles. The Morgan fingerprint density at radius 3 is 1.42 bits per heavy atom. The molecule has 2 radical (unpaired) electrons. The molecule has 0 bridgehead atoms. The number of allylic oxidation sites excluding steroid dienone is 7. The molecule has 0 unspecified atom stereocenters. The van der Waals surface area contributed by atoms with Gasteiger partial charge in [0.15, 0.2) is 0 Å². The number of rotatable bonds is 2. The maximum atomic E-state index is 5.17. The number of hydrogen-bond acceptors (Lipinski definition) is 0. The van der Waals surface area contributed by atoms with E-state index in [4.69, 9.17) is 19.7 Å². The fourth-order valence-corrected chi connectivity index (χ4v) is 0.912. The normalized spacial score (nSPS) is 9.79. The Kier molecular flexibility index (Phi) is 26.0. The molecular weight excluding hydrogens is 382 g/mol. The van der Waals surface area contributed by atoms with Crippen molar-refractivity contribution in [3.05, 3.63) is 98.2 Å². The molecule has 1 aliphatic rings. The van der Waals surface area contributed by atoms with Gasteiger partial charge in [0.05, 0.1) is 0 Å². The molecule has 94 valence electrons. The SMILES string of the molecule is [CH-]=CC1=[C-]C=CC1.[CH-]=CC=[CH-].[Y].[Y].c1ccccc1. The fraction of sp³-hybridized carbons (Fsp3) is 0.0588. The summed E-state index contributed by atoms with van der Waals surface area (Å²) in [6.45, 7) is 14.6. The van der Waals surface area contributed by atoms with Gasteiger partial charge in [0, 0.05) is 65.4 Å². The molecule has 19 heavy (non-hydrogen) atoms. The van der Waals surface area contributed by atoms with Crippen LogP contribution in [0.3, 0.4) is 0 Å². The fourth-order valence-electron chi connectivity index (χ4n) is 0.912. The summed E-state index contributed by atoms with van der Waals surface area (Å²) in [5.41, 5.74) is 1.08. The molecule has 2 rings (SSSR count). The minimum atomic E-state index is 0. The first-order valence-corrected chi connectivity index (χ1v) is 5.26. The Hall–Kier alpha value is 0.128. The summed E-state index contributed by atoms with van der Waals surface area (Å²) >= 11 is 0. The molecule has 2 heteroatoms. The van der Waals surface area contributed by atoms with Crippen molar-refractivity contribution >= 4 is 0 Å². The van der Waals surface area contributed by atoms with Gasteiger partial charge in [0.1, 0.15) is 0 Å². The van der Waals surface area contributed by atoms with Crippen LogP contribution in [-0.2, 0) is 65.4 Å². The molecule has 0 saturated carbocycles. The van der Waals surface area contributed by atoms with E-state index in [0.29, 0.717) is 0 Å². The Labute approximate surface area is 168 Å². The van der Waals surface area contributed by atoms with Gasteiger partial charge >= 0.3 is 0 Å². The predicted molar refractivity (Wildman–Crippen MR) is 73.6 cm³/mol. The van der Waals surface area contributed by atoms with Gasteiger partial charge < -0.3 is 43.5 Å². The van der Waals surface area contributed by atoms with Gasteiger partial charge in [0.2, 0.25) is 0 Å². The topological polar surface area (TPSA) is 0 Å². The first-order valence-electron chi connectivity index (χ1n) is 5.26. The van der Waals surface area contributed by atoms with E-state index in [9.17, 15) is 0 Å². The van der Waals surface area contributed by atoms with Gasteiger partial charge in [-0.2, -0.15) is 12.2 Å². The molecule has 0 aliphatic heterocycles. The molecule has 0 amide bonds. The van der Waals surface area contributed by atoms with Gasteiger partial charge in [-0.25, -0.2) is 0 Å². The van der Waals surface area contributed by atoms with Gasteiger partial charge in [-0.15, -0.1) is 6.42 Å². The van der Waals surface area contributed by atoms with Crippen molar-refractivity contribution in [2.75, 3.05) is 0 Å². The molecule has 1 aromatic carbocycles. The maximum absolute atomic E-state index is 5.17. The van der Waals surface area contributed by atoms with Crippen molar-refractivity contribution in [2.45, 2.75) is 6.42 Å². The summed E-state index contributed by atoms with van der Waals surface area (Å²) in [6.07, 6.45) is 12.0. The molecular formula is C17H16Y2-4. The van der Waals surface area contributed by atoms with Crippen molar-refractivity contribution in [3.8, 4) is 0 Å². The van der Waals surface area contributed by atoms with Gasteiger partial charge in [-0.1, -0.05) is 36.4 Å². The summed E-state index contributed by atoms with van der Waals surface area (Å²) < 4.78 is 0. The average Bonchev–Trinajstić information content (AvgIpc) is 2.95. The molecule has 0 atom stereocenters. The van der Waals surface area contributed by atoms with E-state index in [1.807, 2.05) is 48.6 Å². The summed E-state index contributed by atoms with van der Waals surface area (Å²) in [6, 6.07) is 12.0. The largest absolute Gasteiger partial charge is 0.394 e. The zero-order chi connectivity index (χ0) is 12.8. The van der Waals surface area contributed by atoms with Crippen molar-refractivity contribution < 1.29 is 65.4 Å². The van der Waals surface area contributed by atoms with Crippen molar-refractivity contribution in [1.82, 2.24) is 0 Å². The van der Waals surface area contributed by atoms with Crippen LogP contribution in [0.1, 0.15) is 6.42 Å². The minimum absolute atomic E-state index is 0. The van der Waals surface area contributed by atoms with E-state index >= 15 is 0 Å². The molecule has 0 aromatic heterocycles. The zero-order valence-electron chi connectivity index (χ0n) is 10.9. The monoisotopic (exact) mass is 398 g/mol. The van der Waals surface area contributed by atoms with Crippen LogP contribution in [-0.4, -0.2) is 0 Å². The molecule has 1 aliphatic carbocycles. The van der Waals surface area contributed by atoms with Crippen LogP contribution in [0.15, 0.2) is 72.4 Å². The molecule has 0 fully saturated rings. The average molecular weight is 398 g/mol. The zero-order valence-corrected chi connectivity index (χ0v) is 16.6. The first-order chi connectivity index (χ1) is 8.35. The van der Waals surface area contributed by atoms with E-state index in [0.717, 1.165) is 12.0 Å². The summed E-state index contributed by atoms with van der Waals surface area (Å²) in [7, 11) is 0. The number of benzene rings is 1. The van der Waals surface area contributed by atoms with Gasteiger partial charge in [-0.3, -0.25) is 6.08 Å². The third kappa shape index (κ3) is 18.1. The van der Waals surface area contributed by atoms with E-state index in [1.54, 1.807) is 6.08 Å². The van der Waals surface area contributed by atoms with Crippen LogP contribution in [0.4, 0.5) is 0 Å². The summed E-state index contributed by atoms with van der Waals surface area (Å²) in [4.78, 5) is 0. The van der Waals surface area contributed by atoms with Crippen LogP contribution < -0.4 is 0 Å². The minimum Gasteiger partial charge on any atom is -0.394 e.